The molecule has 0 atom stereocenters. The molecule has 0 N–H and O–H groups in total. The summed E-state index contributed by atoms with van der Waals surface area (Å²) in [6.45, 7) is 2.84. The van der Waals surface area contributed by atoms with Gasteiger partial charge < -0.3 is 6.42 Å². The molecule has 0 aromatic heterocycles. The van der Waals surface area contributed by atoms with E-state index in [1.54, 1.807) is 0 Å². The first kappa shape index (κ1) is 14.2. The SMILES string of the molecule is CC#CCN(C)C1CC[CH-]CC1.[K+]. The van der Waals surface area contributed by atoms with Crippen molar-refractivity contribution in [3.05, 3.63) is 6.42 Å². The molecule has 0 aliphatic heterocycles. The Bertz CT molecular complexity index is 174. The van der Waals surface area contributed by atoms with Gasteiger partial charge in [-0.2, -0.15) is 12.8 Å². The average molecular weight is 203 g/mol. The molecule has 1 aliphatic rings. The molecule has 1 saturated carbocycles. The maximum Gasteiger partial charge on any atom is 1.00 e. The molecule has 0 bridgehead atoms. The number of nitrogens with zero attached hydrogens (tertiary/aromatic N) is 1. The van der Waals surface area contributed by atoms with Crippen molar-refractivity contribution < 1.29 is 51.4 Å². The van der Waals surface area contributed by atoms with E-state index in [0.29, 0.717) is 0 Å². The van der Waals surface area contributed by atoms with Crippen molar-refractivity contribution in [3.63, 3.8) is 0 Å². The van der Waals surface area contributed by atoms with Crippen LogP contribution in [-0.4, -0.2) is 24.5 Å². The molecule has 0 amide bonds. The van der Waals surface area contributed by atoms with Gasteiger partial charge >= 0.3 is 51.4 Å². The van der Waals surface area contributed by atoms with E-state index in [2.05, 4.69) is 30.2 Å². The monoisotopic (exact) mass is 203 g/mol. The molecular weight excluding hydrogens is 185 g/mol. The summed E-state index contributed by atoms with van der Waals surface area (Å²) in [5.41, 5.74) is 0. The van der Waals surface area contributed by atoms with E-state index >= 15 is 0 Å². The first-order valence-corrected chi connectivity index (χ1v) is 4.76. The van der Waals surface area contributed by atoms with Crippen molar-refractivity contribution in [2.45, 2.75) is 38.6 Å². The van der Waals surface area contributed by atoms with Gasteiger partial charge in [0.2, 0.25) is 0 Å². The van der Waals surface area contributed by atoms with Crippen LogP contribution in [0.25, 0.3) is 0 Å². The minimum Gasteiger partial charge on any atom is -0.328 e. The standard InChI is InChI=1S/C11H18N.K/c1-3-4-10-12(2)11-8-6-5-7-9-11;/h5,11H,6-10H2,1-2H3;/q-1;+1. The molecule has 0 aromatic carbocycles. The van der Waals surface area contributed by atoms with Crippen molar-refractivity contribution in [1.82, 2.24) is 4.90 Å². The van der Waals surface area contributed by atoms with Gasteiger partial charge in [-0.25, -0.2) is 0 Å². The molecule has 1 fully saturated rings. The van der Waals surface area contributed by atoms with Crippen molar-refractivity contribution >= 4 is 0 Å². The normalized spacial score (nSPS) is 17.5. The van der Waals surface area contributed by atoms with Crippen LogP contribution in [0.4, 0.5) is 0 Å². The van der Waals surface area contributed by atoms with Gasteiger partial charge in [0.05, 0.1) is 6.54 Å². The molecule has 2 heteroatoms. The van der Waals surface area contributed by atoms with E-state index in [0.717, 1.165) is 12.6 Å². The predicted octanol–water partition coefficient (Wildman–Crippen LogP) is -0.908. The quantitative estimate of drug-likeness (QED) is 0.319. The molecule has 0 aromatic rings. The van der Waals surface area contributed by atoms with Gasteiger partial charge in [0.15, 0.2) is 0 Å². The Hall–Kier alpha value is 1.16. The van der Waals surface area contributed by atoms with Gasteiger partial charge in [-0.15, -0.1) is 5.92 Å². The molecule has 0 radical (unpaired) electrons. The van der Waals surface area contributed by atoms with Crippen molar-refractivity contribution in [3.8, 4) is 11.8 Å². The molecule has 0 spiro atoms. The van der Waals surface area contributed by atoms with E-state index in [-0.39, 0.29) is 51.4 Å². The van der Waals surface area contributed by atoms with Crippen LogP contribution in [-0.2, 0) is 0 Å². The summed E-state index contributed by atoms with van der Waals surface area (Å²) >= 11 is 0. The van der Waals surface area contributed by atoms with Crippen LogP contribution >= 0.6 is 0 Å². The van der Waals surface area contributed by atoms with Crippen LogP contribution in [0.1, 0.15) is 32.6 Å². The molecule has 13 heavy (non-hydrogen) atoms. The minimum absolute atomic E-state index is 0. The Balaban J connectivity index is 0.00000144. The summed E-state index contributed by atoms with van der Waals surface area (Å²) in [4.78, 5) is 2.38. The zero-order valence-electron chi connectivity index (χ0n) is 9.14. The third kappa shape index (κ3) is 5.56. The third-order valence-electron chi connectivity index (χ3n) is 2.54. The minimum atomic E-state index is 0. The van der Waals surface area contributed by atoms with Gasteiger partial charge in [0.1, 0.15) is 0 Å². The Morgan fingerprint density at radius 3 is 2.54 bits per heavy atom. The molecule has 1 nitrogen and oxygen atoms in total. The summed E-state index contributed by atoms with van der Waals surface area (Å²) in [5.74, 6) is 6.05. The number of rotatable bonds is 2. The molecular formula is C11H18KN. The first-order valence-electron chi connectivity index (χ1n) is 4.76. The van der Waals surface area contributed by atoms with E-state index < -0.39 is 0 Å². The summed E-state index contributed by atoms with van der Waals surface area (Å²) in [5, 5.41) is 0. The number of hydrogen-bond acceptors (Lipinski definition) is 1. The summed E-state index contributed by atoms with van der Waals surface area (Å²) < 4.78 is 0. The molecule has 0 saturated heterocycles. The van der Waals surface area contributed by atoms with Crippen molar-refractivity contribution in [2.24, 2.45) is 0 Å². The first-order chi connectivity index (χ1) is 5.84. The van der Waals surface area contributed by atoms with Crippen molar-refractivity contribution in [2.75, 3.05) is 13.6 Å². The second kappa shape index (κ2) is 8.46. The Labute approximate surface area is 125 Å². The summed E-state index contributed by atoms with van der Waals surface area (Å²) in [6, 6.07) is 0.774. The van der Waals surface area contributed by atoms with E-state index in [1.807, 2.05) is 6.92 Å². The van der Waals surface area contributed by atoms with E-state index in [4.69, 9.17) is 0 Å². The molecule has 0 heterocycles. The van der Waals surface area contributed by atoms with Gasteiger partial charge in [-0.1, -0.05) is 18.8 Å². The van der Waals surface area contributed by atoms with Crippen LogP contribution in [0, 0.1) is 18.3 Å². The Morgan fingerprint density at radius 2 is 2.00 bits per heavy atom. The van der Waals surface area contributed by atoms with Gasteiger partial charge in [0.25, 0.3) is 0 Å². The second-order valence-electron chi connectivity index (χ2n) is 3.44. The zero-order chi connectivity index (χ0) is 8.81. The zero-order valence-corrected chi connectivity index (χ0v) is 12.3. The Kier molecular flexibility index (Phi) is 9.22. The predicted molar refractivity (Wildman–Crippen MR) is 52.6 cm³/mol. The van der Waals surface area contributed by atoms with Crippen LogP contribution < -0.4 is 51.4 Å². The smallest absolute Gasteiger partial charge is 0.328 e. The third-order valence-corrected chi connectivity index (χ3v) is 2.54. The summed E-state index contributed by atoms with van der Waals surface area (Å²) in [7, 11) is 2.18. The van der Waals surface area contributed by atoms with E-state index in [9.17, 15) is 0 Å². The largest absolute Gasteiger partial charge is 1.00 e. The fraction of sp³-hybridized carbons (Fsp3) is 0.727. The fourth-order valence-electron chi connectivity index (χ4n) is 1.68. The molecule has 1 aliphatic carbocycles. The fourth-order valence-corrected chi connectivity index (χ4v) is 1.68. The Morgan fingerprint density at radius 1 is 1.38 bits per heavy atom. The molecule has 1 rings (SSSR count). The maximum absolute atomic E-state index is 3.11. The van der Waals surface area contributed by atoms with Crippen LogP contribution in [0.15, 0.2) is 0 Å². The van der Waals surface area contributed by atoms with Gasteiger partial charge in [-0.05, 0) is 14.0 Å². The molecule has 0 unspecified atom stereocenters. The average Bonchev–Trinajstić information content (AvgIpc) is 2.15. The van der Waals surface area contributed by atoms with Gasteiger partial charge in [-0.3, -0.25) is 4.90 Å². The number of hydrogen-bond donors (Lipinski definition) is 0. The van der Waals surface area contributed by atoms with Gasteiger partial charge in [0, 0.05) is 6.04 Å². The maximum atomic E-state index is 3.11. The molecule has 68 valence electrons. The summed E-state index contributed by atoms with van der Waals surface area (Å²) in [6.07, 6.45) is 7.61. The van der Waals surface area contributed by atoms with Crippen molar-refractivity contribution in [1.29, 1.82) is 0 Å². The van der Waals surface area contributed by atoms with Crippen LogP contribution in [0.2, 0.25) is 0 Å². The van der Waals surface area contributed by atoms with Crippen LogP contribution in [0.5, 0.6) is 0 Å². The topological polar surface area (TPSA) is 3.24 Å². The van der Waals surface area contributed by atoms with E-state index in [1.165, 1.54) is 25.7 Å². The van der Waals surface area contributed by atoms with Crippen LogP contribution in [0.3, 0.4) is 0 Å². The second-order valence-corrected chi connectivity index (χ2v) is 3.44.